The van der Waals surface area contributed by atoms with Crippen LogP contribution in [0.15, 0.2) is 16.3 Å². The molecule has 2 aliphatic rings. The molecule has 6 heteroatoms. The molecule has 1 aliphatic carbocycles. The van der Waals surface area contributed by atoms with Crippen molar-refractivity contribution in [3.8, 4) is 0 Å². The third kappa shape index (κ3) is 2.24. The van der Waals surface area contributed by atoms with Crippen molar-refractivity contribution in [1.82, 2.24) is 4.31 Å². The van der Waals surface area contributed by atoms with Gasteiger partial charge in [0.15, 0.2) is 0 Å². The molecule has 19 heavy (non-hydrogen) atoms. The van der Waals surface area contributed by atoms with E-state index in [0.29, 0.717) is 22.2 Å². The Balaban J connectivity index is 1.92. The van der Waals surface area contributed by atoms with Crippen LogP contribution in [0.3, 0.4) is 0 Å². The second-order valence-corrected chi connectivity index (χ2v) is 8.24. The standard InChI is InChI=1S/C13H19NO3S2/c15-9-12-13(6-8-18-12)19(16,17)14-7-5-10-3-1-2-4-11(10)14/h6,8,10-11,15H,1-5,7,9H2. The molecule has 0 radical (unpaired) electrons. The van der Waals surface area contributed by atoms with Crippen molar-refractivity contribution in [2.75, 3.05) is 6.54 Å². The molecular weight excluding hydrogens is 282 g/mol. The van der Waals surface area contributed by atoms with E-state index in [-0.39, 0.29) is 12.6 Å². The van der Waals surface area contributed by atoms with Gasteiger partial charge in [0.1, 0.15) is 0 Å². The summed E-state index contributed by atoms with van der Waals surface area (Å²) in [4.78, 5) is 0.866. The Bertz CT molecular complexity index is 552. The van der Waals surface area contributed by atoms with Gasteiger partial charge in [-0.3, -0.25) is 0 Å². The molecule has 4 nitrogen and oxygen atoms in total. The summed E-state index contributed by atoms with van der Waals surface area (Å²) in [6, 6.07) is 1.81. The van der Waals surface area contributed by atoms with Gasteiger partial charge in [-0.25, -0.2) is 8.42 Å². The molecule has 2 fully saturated rings. The Labute approximate surface area is 118 Å². The zero-order chi connectivity index (χ0) is 13.5. The molecule has 1 N–H and O–H groups in total. The quantitative estimate of drug-likeness (QED) is 0.931. The summed E-state index contributed by atoms with van der Waals surface area (Å²) in [5.41, 5.74) is 0. The fraction of sp³-hybridized carbons (Fsp3) is 0.692. The average molecular weight is 301 g/mol. The van der Waals surface area contributed by atoms with Crippen molar-refractivity contribution in [1.29, 1.82) is 0 Å². The first-order chi connectivity index (χ1) is 9.14. The first kappa shape index (κ1) is 13.5. The van der Waals surface area contributed by atoms with Crippen LogP contribution in [0.5, 0.6) is 0 Å². The number of rotatable bonds is 3. The summed E-state index contributed by atoms with van der Waals surface area (Å²) in [6.07, 6.45) is 5.50. The lowest BCUT2D eigenvalue weighted by Crippen LogP contribution is -2.39. The minimum atomic E-state index is -3.42. The minimum Gasteiger partial charge on any atom is -0.391 e. The highest BCUT2D eigenvalue weighted by atomic mass is 32.2. The van der Waals surface area contributed by atoms with E-state index < -0.39 is 10.0 Å². The molecule has 2 atom stereocenters. The first-order valence-corrected chi connectivity index (χ1v) is 9.15. The van der Waals surface area contributed by atoms with E-state index in [9.17, 15) is 13.5 Å². The van der Waals surface area contributed by atoms with Crippen LogP contribution >= 0.6 is 11.3 Å². The van der Waals surface area contributed by atoms with Gasteiger partial charge in [0.25, 0.3) is 0 Å². The Morgan fingerprint density at radius 3 is 2.89 bits per heavy atom. The van der Waals surface area contributed by atoms with Crippen LogP contribution in [-0.4, -0.2) is 30.4 Å². The van der Waals surface area contributed by atoms with Gasteiger partial charge in [0, 0.05) is 17.5 Å². The molecule has 0 bridgehead atoms. The van der Waals surface area contributed by atoms with E-state index in [1.165, 1.54) is 17.8 Å². The van der Waals surface area contributed by atoms with Gasteiger partial charge in [0.05, 0.1) is 11.5 Å². The van der Waals surface area contributed by atoms with E-state index in [0.717, 1.165) is 25.7 Å². The molecule has 0 spiro atoms. The van der Waals surface area contributed by atoms with Crippen molar-refractivity contribution >= 4 is 21.4 Å². The molecule has 2 heterocycles. The minimum absolute atomic E-state index is 0.185. The van der Waals surface area contributed by atoms with Crippen molar-refractivity contribution in [2.24, 2.45) is 5.92 Å². The third-order valence-electron chi connectivity index (χ3n) is 4.39. The fourth-order valence-corrected chi connectivity index (χ4v) is 6.46. The zero-order valence-electron chi connectivity index (χ0n) is 10.8. The SMILES string of the molecule is O=S(=O)(c1ccsc1CO)N1CCC2CCCCC21. The van der Waals surface area contributed by atoms with E-state index in [1.54, 1.807) is 15.8 Å². The normalized spacial score (nSPS) is 28.5. The van der Waals surface area contributed by atoms with Crippen molar-refractivity contribution in [3.63, 3.8) is 0 Å². The molecule has 1 aromatic heterocycles. The summed E-state index contributed by atoms with van der Waals surface area (Å²) < 4.78 is 27.2. The van der Waals surface area contributed by atoms with Gasteiger partial charge in [-0.1, -0.05) is 12.8 Å². The number of nitrogens with zero attached hydrogens (tertiary/aromatic N) is 1. The largest absolute Gasteiger partial charge is 0.391 e. The van der Waals surface area contributed by atoms with Crippen LogP contribution in [0.2, 0.25) is 0 Å². The van der Waals surface area contributed by atoms with Gasteiger partial charge in [-0.15, -0.1) is 11.3 Å². The fourth-order valence-electron chi connectivity index (χ4n) is 3.46. The molecule has 2 unspecified atom stereocenters. The lowest BCUT2D eigenvalue weighted by atomic mass is 9.86. The zero-order valence-corrected chi connectivity index (χ0v) is 12.4. The molecule has 0 aromatic carbocycles. The Kier molecular flexibility index (Phi) is 3.68. The van der Waals surface area contributed by atoms with Crippen LogP contribution in [0.1, 0.15) is 37.0 Å². The molecule has 1 saturated heterocycles. The smallest absolute Gasteiger partial charge is 0.244 e. The highest BCUT2D eigenvalue weighted by Crippen LogP contribution is 2.40. The number of sulfonamides is 1. The van der Waals surface area contributed by atoms with E-state index in [1.807, 2.05) is 0 Å². The second kappa shape index (κ2) is 5.16. The number of fused-ring (bicyclic) bond motifs is 1. The van der Waals surface area contributed by atoms with Gasteiger partial charge in [-0.2, -0.15) is 4.31 Å². The second-order valence-electron chi connectivity index (χ2n) is 5.38. The summed E-state index contributed by atoms with van der Waals surface area (Å²) >= 11 is 1.31. The molecule has 1 aromatic rings. The van der Waals surface area contributed by atoms with Crippen molar-refractivity contribution < 1.29 is 13.5 Å². The maximum absolute atomic E-state index is 12.8. The first-order valence-electron chi connectivity index (χ1n) is 6.83. The summed E-state index contributed by atoms with van der Waals surface area (Å²) in [5.74, 6) is 0.541. The Morgan fingerprint density at radius 1 is 1.32 bits per heavy atom. The summed E-state index contributed by atoms with van der Waals surface area (Å²) in [6.45, 7) is 0.437. The predicted molar refractivity (Wildman–Crippen MR) is 74.5 cm³/mol. The van der Waals surface area contributed by atoms with Gasteiger partial charge in [-0.05, 0) is 36.6 Å². The lowest BCUT2D eigenvalue weighted by molar-refractivity contribution is 0.259. The van der Waals surface area contributed by atoms with Crippen molar-refractivity contribution in [3.05, 3.63) is 16.3 Å². The van der Waals surface area contributed by atoms with Crippen LogP contribution in [0, 0.1) is 5.92 Å². The number of aliphatic hydroxyl groups is 1. The maximum atomic E-state index is 12.8. The number of aliphatic hydroxyl groups excluding tert-OH is 1. The van der Waals surface area contributed by atoms with E-state index >= 15 is 0 Å². The van der Waals surface area contributed by atoms with E-state index in [4.69, 9.17) is 0 Å². The lowest BCUT2D eigenvalue weighted by Gasteiger charge is -2.31. The molecule has 106 valence electrons. The van der Waals surface area contributed by atoms with Gasteiger partial charge in [0.2, 0.25) is 10.0 Å². The molecule has 0 amide bonds. The number of thiophene rings is 1. The van der Waals surface area contributed by atoms with E-state index in [2.05, 4.69) is 0 Å². The van der Waals surface area contributed by atoms with Crippen LogP contribution in [-0.2, 0) is 16.6 Å². The predicted octanol–water partition coefficient (Wildman–Crippen LogP) is 2.19. The number of hydrogen-bond acceptors (Lipinski definition) is 4. The van der Waals surface area contributed by atoms with Gasteiger partial charge >= 0.3 is 0 Å². The molecule has 1 aliphatic heterocycles. The monoisotopic (exact) mass is 301 g/mol. The van der Waals surface area contributed by atoms with Crippen LogP contribution in [0.25, 0.3) is 0 Å². The highest BCUT2D eigenvalue weighted by molar-refractivity contribution is 7.89. The third-order valence-corrected chi connectivity index (χ3v) is 7.44. The maximum Gasteiger partial charge on any atom is 0.244 e. The summed E-state index contributed by atoms with van der Waals surface area (Å²) in [7, 11) is -3.42. The van der Waals surface area contributed by atoms with Crippen LogP contribution in [0.4, 0.5) is 0 Å². The van der Waals surface area contributed by atoms with Crippen LogP contribution < -0.4 is 0 Å². The topological polar surface area (TPSA) is 57.6 Å². The Hall–Kier alpha value is -0.430. The molecule has 1 saturated carbocycles. The average Bonchev–Trinajstić information content (AvgIpc) is 3.05. The number of hydrogen-bond donors (Lipinski definition) is 1. The van der Waals surface area contributed by atoms with Crippen molar-refractivity contribution in [2.45, 2.75) is 49.6 Å². The summed E-state index contributed by atoms with van der Waals surface area (Å²) in [5, 5.41) is 11.0. The molecule has 3 rings (SSSR count). The highest BCUT2D eigenvalue weighted by Gasteiger charge is 2.42. The van der Waals surface area contributed by atoms with Gasteiger partial charge < -0.3 is 5.11 Å². The molecular formula is C13H19NO3S2. The Morgan fingerprint density at radius 2 is 2.11 bits per heavy atom.